The molecule has 2 aliphatic heterocycles. The Kier molecular flexibility index (Phi) is 4.69. The van der Waals surface area contributed by atoms with E-state index in [1.54, 1.807) is 12.1 Å². The van der Waals surface area contributed by atoms with Crippen LogP contribution in [-0.2, 0) is 11.2 Å². The first-order valence-corrected chi connectivity index (χ1v) is 7.84. The van der Waals surface area contributed by atoms with Gasteiger partial charge in [-0.25, -0.2) is 4.39 Å². The fourth-order valence-electron chi connectivity index (χ4n) is 3.42. The Balaban J connectivity index is 1.42. The number of halogens is 1. The van der Waals surface area contributed by atoms with Gasteiger partial charge in [0.25, 0.3) is 0 Å². The topological polar surface area (TPSA) is 12.5 Å². The molecule has 1 atom stereocenters. The van der Waals surface area contributed by atoms with Gasteiger partial charge in [-0.15, -0.1) is 0 Å². The van der Waals surface area contributed by atoms with Crippen LogP contribution in [0.2, 0.25) is 0 Å². The summed E-state index contributed by atoms with van der Waals surface area (Å²) in [5, 5.41) is 0. The Hall–Kier alpha value is -0.930. The van der Waals surface area contributed by atoms with Crippen LogP contribution in [-0.4, -0.2) is 37.7 Å². The lowest BCUT2D eigenvalue weighted by Gasteiger charge is -2.33. The number of hydrogen-bond acceptors (Lipinski definition) is 2. The van der Waals surface area contributed by atoms with Gasteiger partial charge in [0.1, 0.15) is 5.82 Å². The number of benzene rings is 1. The number of piperidine rings is 1. The molecule has 0 bridgehead atoms. The number of nitrogens with zero attached hydrogens (tertiary/aromatic N) is 1. The van der Waals surface area contributed by atoms with Gasteiger partial charge in [-0.05, 0) is 68.3 Å². The molecule has 0 N–H and O–H groups in total. The Bertz CT molecular complexity index is 406. The van der Waals surface area contributed by atoms with E-state index in [1.165, 1.54) is 44.5 Å². The van der Waals surface area contributed by atoms with Gasteiger partial charge in [0.05, 0.1) is 6.61 Å². The first-order chi connectivity index (χ1) is 9.79. The van der Waals surface area contributed by atoms with Crippen LogP contribution >= 0.6 is 0 Å². The normalized spacial score (nSPS) is 25.1. The molecule has 1 aromatic rings. The molecule has 0 amide bonds. The summed E-state index contributed by atoms with van der Waals surface area (Å²) >= 11 is 0. The molecule has 0 aliphatic carbocycles. The molecular weight excluding hydrogens is 253 g/mol. The molecule has 2 saturated heterocycles. The van der Waals surface area contributed by atoms with E-state index < -0.39 is 0 Å². The Morgan fingerprint density at radius 2 is 1.80 bits per heavy atom. The highest BCUT2D eigenvalue weighted by Crippen LogP contribution is 2.23. The summed E-state index contributed by atoms with van der Waals surface area (Å²) < 4.78 is 18.3. The van der Waals surface area contributed by atoms with Gasteiger partial charge in [0.15, 0.2) is 0 Å². The Labute approximate surface area is 120 Å². The van der Waals surface area contributed by atoms with Gasteiger partial charge < -0.3 is 9.64 Å². The summed E-state index contributed by atoms with van der Waals surface area (Å²) in [6, 6.07) is 7.00. The van der Waals surface area contributed by atoms with Crippen molar-refractivity contribution in [2.45, 2.75) is 25.7 Å². The quantitative estimate of drug-likeness (QED) is 0.838. The predicted molar refractivity (Wildman–Crippen MR) is 78.2 cm³/mol. The lowest BCUT2D eigenvalue weighted by molar-refractivity contribution is 0.141. The summed E-state index contributed by atoms with van der Waals surface area (Å²) in [4.78, 5) is 2.60. The molecule has 1 aromatic carbocycles. The minimum atomic E-state index is -0.137. The summed E-state index contributed by atoms with van der Waals surface area (Å²) in [5.74, 6) is 1.38. The molecule has 0 aromatic heterocycles. The summed E-state index contributed by atoms with van der Waals surface area (Å²) in [6.07, 6.45) is 4.87. The predicted octanol–water partition coefficient (Wildman–Crippen LogP) is 3.12. The van der Waals surface area contributed by atoms with Crippen LogP contribution in [0.3, 0.4) is 0 Å². The fourth-order valence-corrected chi connectivity index (χ4v) is 3.42. The maximum absolute atomic E-state index is 12.9. The summed E-state index contributed by atoms with van der Waals surface area (Å²) in [6.45, 7) is 5.54. The van der Waals surface area contributed by atoms with E-state index in [1.807, 2.05) is 12.1 Å². The van der Waals surface area contributed by atoms with Crippen molar-refractivity contribution in [2.24, 2.45) is 11.8 Å². The molecule has 2 nitrogen and oxygen atoms in total. The summed E-state index contributed by atoms with van der Waals surface area (Å²) in [5.41, 5.74) is 1.27. The van der Waals surface area contributed by atoms with E-state index in [0.29, 0.717) is 0 Å². The number of likely N-dealkylation sites (tertiary alicyclic amines) is 1. The molecule has 0 unspecified atom stereocenters. The molecule has 2 fully saturated rings. The van der Waals surface area contributed by atoms with Crippen LogP contribution < -0.4 is 0 Å². The molecule has 2 aliphatic rings. The highest BCUT2D eigenvalue weighted by molar-refractivity contribution is 5.16. The van der Waals surface area contributed by atoms with Crippen LogP contribution in [0.1, 0.15) is 24.8 Å². The second-order valence-electron chi connectivity index (χ2n) is 6.30. The molecule has 0 saturated carbocycles. The molecule has 0 radical (unpaired) electrons. The highest BCUT2D eigenvalue weighted by Gasteiger charge is 2.23. The van der Waals surface area contributed by atoms with Crippen molar-refractivity contribution in [2.75, 3.05) is 32.8 Å². The lowest BCUT2D eigenvalue weighted by atomic mass is 9.90. The van der Waals surface area contributed by atoms with E-state index >= 15 is 0 Å². The standard InChI is InChI=1S/C17H24FNO/c18-17-3-1-14(2-4-17)11-15-5-8-19(9-6-15)12-16-7-10-20-13-16/h1-4,15-16H,5-13H2/t16-/m0/s1. The number of rotatable bonds is 4. The maximum Gasteiger partial charge on any atom is 0.123 e. The third kappa shape index (κ3) is 3.80. The van der Waals surface area contributed by atoms with Gasteiger partial charge in [0, 0.05) is 13.2 Å². The van der Waals surface area contributed by atoms with Crippen molar-refractivity contribution in [1.29, 1.82) is 0 Å². The van der Waals surface area contributed by atoms with Gasteiger partial charge in [0.2, 0.25) is 0 Å². The van der Waals surface area contributed by atoms with E-state index in [4.69, 9.17) is 4.74 Å². The van der Waals surface area contributed by atoms with Crippen LogP contribution in [0.4, 0.5) is 4.39 Å². The molecule has 2 heterocycles. The van der Waals surface area contributed by atoms with Gasteiger partial charge >= 0.3 is 0 Å². The largest absolute Gasteiger partial charge is 0.381 e. The van der Waals surface area contributed by atoms with Crippen molar-refractivity contribution in [3.05, 3.63) is 35.6 Å². The second-order valence-corrected chi connectivity index (χ2v) is 6.30. The Morgan fingerprint density at radius 1 is 1.05 bits per heavy atom. The van der Waals surface area contributed by atoms with Crippen LogP contribution in [0.5, 0.6) is 0 Å². The zero-order valence-electron chi connectivity index (χ0n) is 12.1. The molecule has 0 spiro atoms. The molecular formula is C17H24FNO. The average molecular weight is 277 g/mol. The lowest BCUT2D eigenvalue weighted by Crippen LogP contribution is -2.37. The van der Waals surface area contributed by atoms with Gasteiger partial charge in [-0.3, -0.25) is 0 Å². The fraction of sp³-hybridized carbons (Fsp3) is 0.647. The van der Waals surface area contributed by atoms with Gasteiger partial charge in [-0.1, -0.05) is 12.1 Å². The van der Waals surface area contributed by atoms with Gasteiger partial charge in [-0.2, -0.15) is 0 Å². The number of hydrogen-bond donors (Lipinski definition) is 0. The minimum Gasteiger partial charge on any atom is -0.381 e. The third-order valence-electron chi connectivity index (χ3n) is 4.69. The molecule has 110 valence electrons. The third-order valence-corrected chi connectivity index (χ3v) is 4.69. The van der Waals surface area contributed by atoms with E-state index in [0.717, 1.165) is 31.5 Å². The van der Waals surface area contributed by atoms with Crippen molar-refractivity contribution < 1.29 is 9.13 Å². The maximum atomic E-state index is 12.9. The van der Waals surface area contributed by atoms with Crippen molar-refractivity contribution in [3.63, 3.8) is 0 Å². The highest BCUT2D eigenvalue weighted by atomic mass is 19.1. The first-order valence-electron chi connectivity index (χ1n) is 7.84. The van der Waals surface area contributed by atoms with Crippen LogP contribution in [0, 0.1) is 17.7 Å². The van der Waals surface area contributed by atoms with Crippen molar-refractivity contribution in [1.82, 2.24) is 4.90 Å². The van der Waals surface area contributed by atoms with Crippen LogP contribution in [0.15, 0.2) is 24.3 Å². The Morgan fingerprint density at radius 3 is 2.45 bits per heavy atom. The second kappa shape index (κ2) is 6.68. The molecule has 3 heteroatoms. The zero-order chi connectivity index (χ0) is 13.8. The van der Waals surface area contributed by atoms with E-state index in [2.05, 4.69) is 4.90 Å². The monoisotopic (exact) mass is 277 g/mol. The average Bonchev–Trinajstić information content (AvgIpc) is 2.96. The van der Waals surface area contributed by atoms with E-state index in [-0.39, 0.29) is 5.82 Å². The van der Waals surface area contributed by atoms with Crippen molar-refractivity contribution >= 4 is 0 Å². The first kappa shape index (κ1) is 14.0. The summed E-state index contributed by atoms with van der Waals surface area (Å²) in [7, 11) is 0. The zero-order valence-corrected chi connectivity index (χ0v) is 12.1. The molecule has 3 rings (SSSR count). The van der Waals surface area contributed by atoms with E-state index in [9.17, 15) is 4.39 Å². The smallest absolute Gasteiger partial charge is 0.123 e. The SMILES string of the molecule is Fc1ccc(CC2CCN(C[C@@H]3CCOC3)CC2)cc1. The van der Waals surface area contributed by atoms with Crippen molar-refractivity contribution in [3.8, 4) is 0 Å². The molecule has 20 heavy (non-hydrogen) atoms. The minimum absolute atomic E-state index is 0.137. The van der Waals surface area contributed by atoms with Crippen LogP contribution in [0.25, 0.3) is 0 Å². The number of ether oxygens (including phenoxy) is 1.